The number of anilines is 5. The Bertz CT molecular complexity index is 2470. The van der Waals surface area contributed by atoms with E-state index in [0.717, 1.165) is 41.9 Å². The van der Waals surface area contributed by atoms with Crippen molar-refractivity contribution in [2.75, 3.05) is 73.5 Å². The number of carbonyl (C=O) groups excluding carboxylic acids is 4. The molecular weight excluding hydrogens is 813 g/mol. The molecule has 2 aliphatic rings. The lowest BCUT2D eigenvalue weighted by atomic mass is 10.0. The molecule has 1 aliphatic heterocycles. The van der Waals surface area contributed by atoms with E-state index in [-0.39, 0.29) is 79.9 Å². The number of benzene rings is 1. The third kappa shape index (κ3) is 10.5. The van der Waals surface area contributed by atoms with Gasteiger partial charge in [-0.2, -0.15) is 4.98 Å². The molecule has 0 unspecified atom stereocenters. The van der Waals surface area contributed by atoms with E-state index in [2.05, 4.69) is 35.8 Å². The van der Waals surface area contributed by atoms with Crippen LogP contribution in [0.15, 0.2) is 53.6 Å². The fraction of sp³-hybridized carbons (Fsp3) is 0.432. The number of amides is 3. The second kappa shape index (κ2) is 20.2. The van der Waals surface area contributed by atoms with Gasteiger partial charge in [0.05, 0.1) is 73.7 Å². The highest BCUT2D eigenvalue weighted by Gasteiger charge is 2.26. The number of rotatable bonds is 17. The Morgan fingerprint density at radius 2 is 1.56 bits per heavy atom. The second-order valence-corrected chi connectivity index (χ2v) is 16.6. The molecule has 0 radical (unpaired) electrons. The lowest BCUT2D eigenvalue weighted by Crippen LogP contribution is -2.49. The summed E-state index contributed by atoms with van der Waals surface area (Å²) in [6, 6.07) is 10.6. The Kier molecular flexibility index (Phi) is 14.3. The molecule has 5 aromatic rings. The number of aromatic nitrogens is 5. The molecule has 1 aliphatic carbocycles. The van der Waals surface area contributed by atoms with Crippen LogP contribution in [0.5, 0.6) is 0 Å². The van der Waals surface area contributed by atoms with E-state index < -0.39 is 0 Å². The summed E-state index contributed by atoms with van der Waals surface area (Å²) in [7, 11) is 0. The van der Waals surface area contributed by atoms with Crippen molar-refractivity contribution in [3.8, 4) is 0 Å². The first-order valence-electron chi connectivity index (χ1n) is 20.9. The van der Waals surface area contributed by atoms with Crippen LogP contribution in [-0.4, -0.2) is 106 Å². The summed E-state index contributed by atoms with van der Waals surface area (Å²) in [6.45, 7) is 10.5. The number of thiazole rings is 1. The summed E-state index contributed by atoms with van der Waals surface area (Å²) in [5.41, 5.74) is 3.54. The average Bonchev–Trinajstić information content (AvgIpc) is 3.90. The van der Waals surface area contributed by atoms with E-state index in [0.29, 0.717) is 70.9 Å². The van der Waals surface area contributed by atoms with E-state index >= 15 is 0 Å². The van der Waals surface area contributed by atoms with Gasteiger partial charge in [0.25, 0.3) is 11.5 Å². The number of pyridine rings is 2. The zero-order valence-electron chi connectivity index (χ0n) is 35.5. The number of aryl methyl sites for hydroxylation is 3. The fourth-order valence-electron chi connectivity index (χ4n) is 7.78. The number of ketones is 1. The molecule has 1 aromatic carbocycles. The van der Waals surface area contributed by atoms with E-state index in [1.54, 1.807) is 48.1 Å². The SMILES string of the molecule is CC(=O)c1c(C)c2cnc(Nc3ccc(N4CCN(C(=O)CCOCCOCCC(=O)Nc5ccccc5C(=O)Nc5nc(C)c(C)s5)CC4)cn3)nc2n(C2CCCC2)c1=O. The second-order valence-electron chi connectivity index (χ2n) is 15.4. The van der Waals surface area contributed by atoms with Crippen molar-refractivity contribution in [2.45, 2.75) is 72.3 Å². The predicted octanol–water partition coefficient (Wildman–Crippen LogP) is 5.98. The van der Waals surface area contributed by atoms with Crippen LogP contribution in [0.25, 0.3) is 11.0 Å². The lowest BCUT2D eigenvalue weighted by molar-refractivity contribution is -0.132. The summed E-state index contributed by atoms with van der Waals surface area (Å²) < 4.78 is 12.9. The number of fused-ring (bicyclic) bond motifs is 1. The maximum Gasteiger partial charge on any atom is 0.263 e. The van der Waals surface area contributed by atoms with Crippen LogP contribution in [0.3, 0.4) is 0 Å². The van der Waals surface area contributed by atoms with Gasteiger partial charge in [-0.25, -0.2) is 15.0 Å². The van der Waals surface area contributed by atoms with Gasteiger partial charge in [-0.3, -0.25) is 33.9 Å². The zero-order valence-corrected chi connectivity index (χ0v) is 36.3. The van der Waals surface area contributed by atoms with Crippen molar-refractivity contribution >= 4 is 74.1 Å². The largest absolute Gasteiger partial charge is 0.379 e. The van der Waals surface area contributed by atoms with Crippen LogP contribution in [-0.2, 0) is 19.1 Å². The zero-order chi connectivity index (χ0) is 43.8. The summed E-state index contributed by atoms with van der Waals surface area (Å²) >= 11 is 1.39. The Balaban J connectivity index is 0.795. The number of nitrogens with zero attached hydrogens (tertiary/aromatic N) is 7. The first-order valence-corrected chi connectivity index (χ1v) is 21.8. The van der Waals surface area contributed by atoms with Crippen molar-refractivity contribution in [1.29, 1.82) is 0 Å². The van der Waals surface area contributed by atoms with Crippen LogP contribution < -0.4 is 26.4 Å². The number of hydrogen-bond donors (Lipinski definition) is 3. The normalized spacial score (nSPS) is 14.3. The number of ether oxygens (including phenoxy) is 2. The Hall–Kier alpha value is -6.11. The molecule has 326 valence electrons. The summed E-state index contributed by atoms with van der Waals surface area (Å²) in [5, 5.41) is 9.95. The van der Waals surface area contributed by atoms with E-state index in [9.17, 15) is 24.0 Å². The number of piperazine rings is 1. The Morgan fingerprint density at radius 3 is 2.24 bits per heavy atom. The molecule has 1 saturated carbocycles. The average molecular weight is 865 g/mol. The summed E-state index contributed by atoms with van der Waals surface area (Å²) in [4.78, 5) is 87.6. The van der Waals surface area contributed by atoms with Gasteiger partial charge in [0.2, 0.25) is 17.8 Å². The highest BCUT2D eigenvalue weighted by molar-refractivity contribution is 7.15. The van der Waals surface area contributed by atoms with Gasteiger partial charge in [0.15, 0.2) is 10.9 Å². The van der Waals surface area contributed by atoms with Gasteiger partial charge in [-0.1, -0.05) is 25.0 Å². The number of nitrogens with one attached hydrogen (secondary N) is 3. The van der Waals surface area contributed by atoms with Crippen molar-refractivity contribution in [3.63, 3.8) is 0 Å². The minimum absolute atomic E-state index is 0.0107. The maximum absolute atomic E-state index is 13.5. The van der Waals surface area contributed by atoms with Crippen molar-refractivity contribution in [1.82, 2.24) is 29.4 Å². The summed E-state index contributed by atoms with van der Waals surface area (Å²) in [6.07, 6.45) is 7.56. The Labute approximate surface area is 363 Å². The van der Waals surface area contributed by atoms with Crippen molar-refractivity contribution in [2.24, 2.45) is 0 Å². The predicted molar refractivity (Wildman–Crippen MR) is 238 cm³/mol. The molecule has 18 heteroatoms. The minimum atomic E-state index is -0.357. The quantitative estimate of drug-likeness (QED) is 0.0728. The molecule has 0 spiro atoms. The van der Waals surface area contributed by atoms with Crippen LogP contribution in [0.2, 0.25) is 0 Å². The lowest BCUT2D eigenvalue weighted by Gasteiger charge is -2.36. The molecule has 2 fully saturated rings. The van der Waals surface area contributed by atoms with Gasteiger partial charge >= 0.3 is 0 Å². The molecule has 3 N–H and O–H groups in total. The van der Waals surface area contributed by atoms with E-state index in [4.69, 9.17) is 14.5 Å². The molecule has 0 bridgehead atoms. The molecule has 62 heavy (non-hydrogen) atoms. The topological polar surface area (TPSA) is 203 Å². The van der Waals surface area contributed by atoms with Crippen LogP contribution >= 0.6 is 11.3 Å². The van der Waals surface area contributed by atoms with Crippen molar-refractivity contribution in [3.05, 3.63) is 86.4 Å². The third-order valence-electron chi connectivity index (χ3n) is 11.2. The van der Waals surface area contributed by atoms with Gasteiger partial charge in [-0.05, 0) is 70.4 Å². The Morgan fingerprint density at radius 1 is 0.839 bits per heavy atom. The molecule has 17 nitrogen and oxygen atoms in total. The standard InChI is InChI=1S/C44H52N10O7S/c1-27-34-26-46-43(50-40(34)54(31-9-5-6-10-31)42(59)39(27)29(3)55)49-36-14-13-32(25-45-36)52-17-19-53(20-18-52)38(57)16-22-61-24-23-60-21-15-37(56)48-35-12-8-7-11-33(35)41(58)51-44-47-28(2)30(4)62-44/h7-8,11-14,25-26,31H,5-6,9-10,15-24H2,1-4H3,(H,48,56)(H,47,51,58)(H,45,46,49,50). The van der Waals surface area contributed by atoms with Gasteiger partial charge in [0, 0.05) is 48.7 Å². The maximum atomic E-state index is 13.5. The first kappa shape index (κ1) is 44.0. The molecule has 0 atom stereocenters. The van der Waals surface area contributed by atoms with Crippen LogP contribution in [0.1, 0.15) is 88.3 Å². The molecule has 5 heterocycles. The first-order chi connectivity index (χ1) is 30.0. The smallest absolute Gasteiger partial charge is 0.263 e. The molecule has 4 aromatic heterocycles. The van der Waals surface area contributed by atoms with Crippen molar-refractivity contribution < 1.29 is 28.7 Å². The van der Waals surface area contributed by atoms with Gasteiger partial charge in [0.1, 0.15) is 11.5 Å². The van der Waals surface area contributed by atoms with Crippen LogP contribution in [0.4, 0.5) is 28.3 Å². The highest BCUT2D eigenvalue weighted by Crippen LogP contribution is 2.32. The molecule has 3 amide bonds. The van der Waals surface area contributed by atoms with E-state index in [1.165, 1.54) is 18.3 Å². The molecular formula is C44H52N10O7S. The third-order valence-corrected chi connectivity index (χ3v) is 12.2. The van der Waals surface area contributed by atoms with Gasteiger partial charge in [-0.15, -0.1) is 11.3 Å². The number of Topliss-reactive ketones (excluding diaryl/α,β-unsaturated/α-hetero) is 1. The number of carbonyl (C=O) groups is 4. The minimum Gasteiger partial charge on any atom is -0.379 e. The fourth-order valence-corrected chi connectivity index (χ4v) is 8.59. The van der Waals surface area contributed by atoms with E-state index in [1.807, 2.05) is 30.9 Å². The molecule has 1 saturated heterocycles. The molecule has 7 rings (SSSR count). The van der Waals surface area contributed by atoms with Gasteiger partial charge < -0.3 is 29.9 Å². The highest BCUT2D eigenvalue weighted by atomic mass is 32.1. The van der Waals surface area contributed by atoms with Crippen LogP contribution in [0, 0.1) is 20.8 Å². The monoisotopic (exact) mass is 864 g/mol. The number of para-hydroxylation sites is 1. The summed E-state index contributed by atoms with van der Waals surface area (Å²) in [5.74, 6) is -0.0295. The number of hydrogen-bond acceptors (Lipinski definition) is 14.